The molecule has 56 valence electrons. The summed E-state index contributed by atoms with van der Waals surface area (Å²) in [6, 6.07) is 6.07. The molecule has 0 bridgehead atoms. The third kappa shape index (κ3) is 1.69. The van der Waals surface area contributed by atoms with Crippen molar-refractivity contribution in [3.05, 3.63) is 35.1 Å². The lowest BCUT2D eigenvalue weighted by molar-refractivity contribution is 0.616. The van der Waals surface area contributed by atoms with Gasteiger partial charge < -0.3 is 0 Å². The van der Waals surface area contributed by atoms with Crippen LogP contribution < -0.4 is 0 Å². The lowest BCUT2D eigenvalue weighted by Gasteiger charge is -1.96. The van der Waals surface area contributed by atoms with E-state index in [0.717, 1.165) is 0 Å². The molecule has 1 aromatic carbocycles. The van der Waals surface area contributed by atoms with E-state index in [0.29, 0.717) is 11.1 Å². The smallest absolute Gasteiger partial charge is 0.128 e. The second kappa shape index (κ2) is 3.36. The highest BCUT2D eigenvalue weighted by atomic mass is 35.5. The largest absolute Gasteiger partial charge is 0.207 e. The zero-order valence-electron chi connectivity index (χ0n) is 5.64. The first-order valence-electron chi connectivity index (χ1n) is 3.02. The van der Waals surface area contributed by atoms with Gasteiger partial charge in [0.2, 0.25) is 0 Å². The molecule has 0 aliphatic heterocycles. The van der Waals surface area contributed by atoms with E-state index in [1.54, 1.807) is 6.07 Å². The Morgan fingerprint density at radius 3 is 2.73 bits per heavy atom. The Balaban J connectivity index is 3.12. The summed E-state index contributed by atoms with van der Waals surface area (Å²) in [5.74, 6) is -0.281. The quantitative estimate of drug-likeness (QED) is 0.593. The predicted octanol–water partition coefficient (Wildman–Crippen LogP) is 2.44. The Bertz CT molecular complexity index is 303. The molecule has 1 rings (SSSR count). The molecule has 0 aromatic heterocycles. The standard InChI is InChI=1S/C8H5ClFN/c9-4-7-2-1-6(5-11)3-8(7)10/h1-3H,4H2. The molecule has 0 aliphatic carbocycles. The van der Waals surface area contributed by atoms with Gasteiger partial charge in [0.25, 0.3) is 0 Å². The van der Waals surface area contributed by atoms with Gasteiger partial charge in [-0.1, -0.05) is 6.07 Å². The molecule has 0 saturated heterocycles. The first-order chi connectivity index (χ1) is 5.27. The molecule has 0 saturated carbocycles. The van der Waals surface area contributed by atoms with E-state index in [1.807, 2.05) is 6.07 Å². The van der Waals surface area contributed by atoms with Crippen LogP contribution in [0.4, 0.5) is 4.39 Å². The first-order valence-corrected chi connectivity index (χ1v) is 3.56. The minimum atomic E-state index is -0.418. The van der Waals surface area contributed by atoms with Crippen LogP contribution in [0.2, 0.25) is 0 Å². The fourth-order valence-corrected chi connectivity index (χ4v) is 0.942. The van der Waals surface area contributed by atoms with E-state index in [2.05, 4.69) is 0 Å². The summed E-state index contributed by atoms with van der Waals surface area (Å²) in [6.07, 6.45) is 0. The second-order valence-corrected chi connectivity index (χ2v) is 2.32. The summed E-state index contributed by atoms with van der Waals surface area (Å²) in [5.41, 5.74) is 0.738. The van der Waals surface area contributed by atoms with Crippen LogP contribution in [-0.2, 0) is 5.88 Å². The maximum atomic E-state index is 12.8. The van der Waals surface area contributed by atoms with E-state index in [-0.39, 0.29) is 5.88 Å². The molecule has 0 N–H and O–H groups in total. The summed E-state index contributed by atoms with van der Waals surface area (Å²) >= 11 is 5.40. The topological polar surface area (TPSA) is 23.8 Å². The van der Waals surface area contributed by atoms with Crippen LogP contribution in [0.5, 0.6) is 0 Å². The Morgan fingerprint density at radius 1 is 1.55 bits per heavy atom. The van der Waals surface area contributed by atoms with Crippen LogP contribution in [0, 0.1) is 17.1 Å². The maximum absolute atomic E-state index is 12.8. The van der Waals surface area contributed by atoms with Crippen molar-refractivity contribution >= 4 is 11.6 Å². The molecule has 0 radical (unpaired) electrons. The first kappa shape index (κ1) is 8.03. The molecule has 1 nitrogen and oxygen atoms in total. The number of halogens is 2. The zero-order chi connectivity index (χ0) is 8.27. The van der Waals surface area contributed by atoms with Crippen molar-refractivity contribution in [2.45, 2.75) is 5.88 Å². The molecule has 0 unspecified atom stereocenters. The average Bonchev–Trinajstić information content (AvgIpc) is 2.04. The van der Waals surface area contributed by atoms with E-state index < -0.39 is 5.82 Å². The van der Waals surface area contributed by atoms with Crippen molar-refractivity contribution in [1.82, 2.24) is 0 Å². The molecule has 0 amide bonds. The number of rotatable bonds is 1. The number of hydrogen-bond donors (Lipinski definition) is 0. The molecular formula is C8H5ClFN. The summed E-state index contributed by atoms with van der Waals surface area (Å²) in [6.45, 7) is 0. The highest BCUT2D eigenvalue weighted by Crippen LogP contribution is 2.11. The van der Waals surface area contributed by atoms with Gasteiger partial charge in [0.1, 0.15) is 5.82 Å². The normalized spacial score (nSPS) is 9.18. The van der Waals surface area contributed by atoms with Crippen LogP contribution in [0.1, 0.15) is 11.1 Å². The summed E-state index contributed by atoms with van der Waals surface area (Å²) < 4.78 is 12.8. The number of benzene rings is 1. The van der Waals surface area contributed by atoms with Gasteiger partial charge in [0, 0.05) is 5.56 Å². The van der Waals surface area contributed by atoms with Crippen molar-refractivity contribution in [3.8, 4) is 6.07 Å². The third-order valence-corrected chi connectivity index (χ3v) is 1.61. The number of nitriles is 1. The lowest BCUT2D eigenvalue weighted by Crippen LogP contribution is -1.86. The molecule has 0 fully saturated rings. The number of alkyl halides is 1. The van der Waals surface area contributed by atoms with Crippen molar-refractivity contribution in [3.63, 3.8) is 0 Å². The van der Waals surface area contributed by atoms with Crippen molar-refractivity contribution in [1.29, 1.82) is 5.26 Å². The molecular weight excluding hydrogens is 165 g/mol. The van der Waals surface area contributed by atoms with E-state index in [9.17, 15) is 4.39 Å². The molecule has 3 heteroatoms. The van der Waals surface area contributed by atoms with Gasteiger partial charge in [-0.15, -0.1) is 11.6 Å². The summed E-state index contributed by atoms with van der Waals surface area (Å²) in [7, 11) is 0. The Kier molecular flexibility index (Phi) is 2.45. The maximum Gasteiger partial charge on any atom is 0.128 e. The van der Waals surface area contributed by atoms with Gasteiger partial charge in [-0.05, 0) is 12.1 Å². The van der Waals surface area contributed by atoms with Gasteiger partial charge in [-0.3, -0.25) is 0 Å². The van der Waals surface area contributed by atoms with Gasteiger partial charge in [0.15, 0.2) is 0 Å². The number of nitrogens with zero attached hydrogens (tertiary/aromatic N) is 1. The Hall–Kier alpha value is -1.07. The zero-order valence-corrected chi connectivity index (χ0v) is 6.40. The highest BCUT2D eigenvalue weighted by molar-refractivity contribution is 6.17. The Labute approximate surface area is 69.0 Å². The second-order valence-electron chi connectivity index (χ2n) is 2.05. The van der Waals surface area contributed by atoms with E-state index in [4.69, 9.17) is 16.9 Å². The number of hydrogen-bond acceptors (Lipinski definition) is 1. The van der Waals surface area contributed by atoms with Crippen molar-refractivity contribution < 1.29 is 4.39 Å². The minimum Gasteiger partial charge on any atom is -0.207 e. The SMILES string of the molecule is N#Cc1ccc(CCl)c(F)c1. The van der Waals surface area contributed by atoms with Crippen LogP contribution in [0.15, 0.2) is 18.2 Å². The molecule has 0 heterocycles. The summed E-state index contributed by atoms with van der Waals surface area (Å²) in [4.78, 5) is 0. The van der Waals surface area contributed by atoms with Crippen LogP contribution in [-0.4, -0.2) is 0 Å². The Morgan fingerprint density at radius 2 is 2.27 bits per heavy atom. The molecule has 11 heavy (non-hydrogen) atoms. The monoisotopic (exact) mass is 169 g/mol. The molecule has 0 spiro atoms. The van der Waals surface area contributed by atoms with Crippen LogP contribution >= 0.6 is 11.6 Å². The lowest BCUT2D eigenvalue weighted by atomic mass is 10.1. The van der Waals surface area contributed by atoms with Crippen molar-refractivity contribution in [2.75, 3.05) is 0 Å². The van der Waals surface area contributed by atoms with Gasteiger partial charge in [0.05, 0.1) is 17.5 Å². The van der Waals surface area contributed by atoms with Crippen LogP contribution in [0.3, 0.4) is 0 Å². The average molecular weight is 170 g/mol. The van der Waals surface area contributed by atoms with Crippen LogP contribution in [0.25, 0.3) is 0 Å². The molecule has 1 aromatic rings. The highest BCUT2D eigenvalue weighted by Gasteiger charge is 2.00. The van der Waals surface area contributed by atoms with E-state index in [1.165, 1.54) is 12.1 Å². The predicted molar refractivity (Wildman–Crippen MR) is 40.7 cm³/mol. The molecule has 0 aliphatic rings. The van der Waals surface area contributed by atoms with Gasteiger partial charge in [-0.25, -0.2) is 4.39 Å². The minimum absolute atomic E-state index is 0.136. The van der Waals surface area contributed by atoms with Crippen molar-refractivity contribution in [2.24, 2.45) is 0 Å². The van der Waals surface area contributed by atoms with E-state index >= 15 is 0 Å². The molecule has 0 atom stereocenters. The fourth-order valence-electron chi connectivity index (χ4n) is 0.725. The third-order valence-electron chi connectivity index (χ3n) is 1.33. The van der Waals surface area contributed by atoms with Gasteiger partial charge in [-0.2, -0.15) is 5.26 Å². The van der Waals surface area contributed by atoms with Gasteiger partial charge >= 0.3 is 0 Å². The summed E-state index contributed by atoms with van der Waals surface area (Å²) in [5, 5.41) is 8.38. The fraction of sp³-hybridized carbons (Fsp3) is 0.125.